The number of rotatable bonds is 6. The minimum atomic E-state index is -0.329. The first kappa shape index (κ1) is 14.9. The number of aliphatic hydroxyl groups is 1. The highest BCUT2D eigenvalue weighted by Gasteiger charge is 2.23. The maximum Gasteiger partial charge on any atom is 0.152 e. The van der Waals surface area contributed by atoms with Crippen LogP contribution in [0.2, 0.25) is 0 Å². The van der Waals surface area contributed by atoms with Gasteiger partial charge in [-0.3, -0.25) is 9.69 Å². The molecule has 0 aliphatic rings. The van der Waals surface area contributed by atoms with E-state index in [-0.39, 0.29) is 17.8 Å². The van der Waals surface area contributed by atoms with Crippen molar-refractivity contribution in [1.82, 2.24) is 4.90 Å². The highest BCUT2D eigenvalue weighted by Crippen LogP contribution is 2.16. The van der Waals surface area contributed by atoms with Gasteiger partial charge >= 0.3 is 0 Å². The Kier molecular flexibility index (Phi) is 5.51. The summed E-state index contributed by atoms with van der Waals surface area (Å²) < 4.78 is 0. The molecule has 100 valence electrons. The van der Waals surface area contributed by atoms with Crippen LogP contribution in [0.3, 0.4) is 0 Å². The lowest BCUT2D eigenvalue weighted by Gasteiger charge is -2.25. The lowest BCUT2D eigenvalue weighted by Crippen LogP contribution is -2.37. The molecular formula is C15H23NO2. The fourth-order valence-corrected chi connectivity index (χ4v) is 1.64. The number of carbonyl (C=O) groups is 1. The summed E-state index contributed by atoms with van der Waals surface area (Å²) in [6.07, 6.45) is 0. The summed E-state index contributed by atoms with van der Waals surface area (Å²) in [5.41, 5.74) is 0.831. The Labute approximate surface area is 109 Å². The molecule has 0 atom stereocenters. The number of hydrogen-bond donors (Lipinski definition) is 1. The van der Waals surface area contributed by atoms with E-state index >= 15 is 0 Å². The summed E-state index contributed by atoms with van der Waals surface area (Å²) in [5.74, 6) is 0.201. The van der Waals surface area contributed by atoms with Gasteiger partial charge in [-0.1, -0.05) is 51.1 Å². The average Bonchev–Trinajstić information content (AvgIpc) is 2.29. The predicted molar refractivity (Wildman–Crippen MR) is 73.3 cm³/mol. The van der Waals surface area contributed by atoms with E-state index in [4.69, 9.17) is 5.11 Å². The molecule has 0 saturated carbocycles. The highest BCUT2D eigenvalue weighted by molar-refractivity contribution is 5.85. The molecule has 0 bridgehead atoms. The maximum atomic E-state index is 12.0. The summed E-state index contributed by atoms with van der Waals surface area (Å²) in [4.78, 5) is 14.0. The predicted octanol–water partition coefficient (Wildman–Crippen LogP) is 2.10. The molecule has 0 saturated heterocycles. The summed E-state index contributed by atoms with van der Waals surface area (Å²) in [7, 11) is 0. The highest BCUT2D eigenvalue weighted by atomic mass is 16.3. The van der Waals surface area contributed by atoms with Gasteiger partial charge in [-0.05, 0) is 5.56 Å². The van der Waals surface area contributed by atoms with E-state index in [0.29, 0.717) is 19.6 Å². The average molecular weight is 249 g/mol. The molecule has 0 spiro atoms. The van der Waals surface area contributed by atoms with Crippen molar-refractivity contribution in [2.45, 2.75) is 27.3 Å². The van der Waals surface area contributed by atoms with Crippen molar-refractivity contribution in [3.63, 3.8) is 0 Å². The molecule has 3 nitrogen and oxygen atoms in total. The number of benzene rings is 1. The van der Waals surface area contributed by atoms with Gasteiger partial charge in [0, 0.05) is 18.5 Å². The monoisotopic (exact) mass is 249 g/mol. The second-order valence-corrected chi connectivity index (χ2v) is 5.59. The van der Waals surface area contributed by atoms with Crippen LogP contribution < -0.4 is 0 Å². The van der Waals surface area contributed by atoms with Crippen LogP contribution in [0.25, 0.3) is 0 Å². The lowest BCUT2D eigenvalue weighted by atomic mass is 9.90. The van der Waals surface area contributed by atoms with Crippen molar-refractivity contribution < 1.29 is 9.90 Å². The molecule has 0 amide bonds. The Morgan fingerprint density at radius 3 is 2.33 bits per heavy atom. The number of ketones is 1. The molecule has 0 aliphatic heterocycles. The van der Waals surface area contributed by atoms with E-state index in [0.717, 1.165) is 5.56 Å². The molecule has 3 heteroatoms. The fourth-order valence-electron chi connectivity index (χ4n) is 1.64. The van der Waals surface area contributed by atoms with Gasteiger partial charge in [-0.2, -0.15) is 0 Å². The Morgan fingerprint density at radius 1 is 1.22 bits per heavy atom. The first-order chi connectivity index (χ1) is 8.43. The Balaban J connectivity index is 2.63. The second-order valence-electron chi connectivity index (χ2n) is 5.59. The van der Waals surface area contributed by atoms with E-state index in [1.807, 2.05) is 56.0 Å². The number of aliphatic hydroxyl groups excluding tert-OH is 1. The Morgan fingerprint density at radius 2 is 1.83 bits per heavy atom. The first-order valence-electron chi connectivity index (χ1n) is 6.34. The van der Waals surface area contributed by atoms with Gasteiger partial charge in [-0.25, -0.2) is 0 Å². The van der Waals surface area contributed by atoms with Gasteiger partial charge in [0.15, 0.2) is 5.78 Å². The minimum Gasteiger partial charge on any atom is -0.395 e. The normalized spacial score (nSPS) is 11.8. The van der Waals surface area contributed by atoms with Gasteiger partial charge in [0.05, 0.1) is 13.2 Å². The molecule has 0 fully saturated rings. The van der Waals surface area contributed by atoms with Crippen molar-refractivity contribution in [1.29, 1.82) is 0 Å². The third-order valence-electron chi connectivity index (χ3n) is 2.87. The number of hydrogen-bond acceptors (Lipinski definition) is 3. The third kappa shape index (κ3) is 4.98. The molecule has 1 rings (SSSR count). The molecule has 1 N–H and O–H groups in total. The van der Waals surface area contributed by atoms with Crippen LogP contribution >= 0.6 is 0 Å². The molecule has 0 aromatic heterocycles. The summed E-state index contributed by atoms with van der Waals surface area (Å²) in [6.45, 7) is 7.46. The Bertz CT molecular complexity index is 368. The van der Waals surface area contributed by atoms with E-state index in [2.05, 4.69) is 0 Å². The molecule has 1 aromatic rings. The lowest BCUT2D eigenvalue weighted by molar-refractivity contribution is -0.127. The zero-order chi connectivity index (χ0) is 13.6. The van der Waals surface area contributed by atoms with Crippen LogP contribution in [-0.4, -0.2) is 35.5 Å². The second kappa shape index (κ2) is 6.66. The number of nitrogens with zero attached hydrogens (tertiary/aromatic N) is 1. The summed E-state index contributed by atoms with van der Waals surface area (Å²) in [6, 6.07) is 10.0. The quantitative estimate of drug-likeness (QED) is 0.839. The topological polar surface area (TPSA) is 40.5 Å². The van der Waals surface area contributed by atoms with Crippen molar-refractivity contribution in [2.24, 2.45) is 5.41 Å². The molecule has 0 unspecified atom stereocenters. The van der Waals surface area contributed by atoms with Crippen molar-refractivity contribution in [3.8, 4) is 0 Å². The van der Waals surface area contributed by atoms with E-state index in [1.165, 1.54) is 0 Å². The maximum absolute atomic E-state index is 12.0. The smallest absolute Gasteiger partial charge is 0.152 e. The van der Waals surface area contributed by atoms with Gasteiger partial charge in [0.25, 0.3) is 0 Å². The van der Waals surface area contributed by atoms with Crippen molar-refractivity contribution in [3.05, 3.63) is 35.9 Å². The summed E-state index contributed by atoms with van der Waals surface area (Å²) >= 11 is 0. The first-order valence-corrected chi connectivity index (χ1v) is 6.34. The molecule has 0 heterocycles. The van der Waals surface area contributed by atoms with Crippen molar-refractivity contribution >= 4 is 5.78 Å². The molecule has 0 radical (unpaired) electrons. The third-order valence-corrected chi connectivity index (χ3v) is 2.87. The number of Topliss-reactive ketones (excluding diaryl/α,β-unsaturated/α-hetero) is 1. The van der Waals surface area contributed by atoms with Gasteiger partial charge in [-0.15, -0.1) is 0 Å². The standard InChI is InChI=1S/C15H23NO2/c1-15(2,3)14(18)12-16(9-10-17)11-13-7-5-4-6-8-13/h4-8,17H,9-12H2,1-3H3. The largest absolute Gasteiger partial charge is 0.395 e. The van der Waals surface area contributed by atoms with Crippen LogP contribution in [-0.2, 0) is 11.3 Å². The minimum absolute atomic E-state index is 0.0737. The zero-order valence-electron chi connectivity index (χ0n) is 11.5. The van der Waals surface area contributed by atoms with Crippen LogP contribution in [0, 0.1) is 5.41 Å². The molecule has 0 aliphatic carbocycles. The SMILES string of the molecule is CC(C)(C)C(=O)CN(CCO)Cc1ccccc1. The van der Waals surface area contributed by atoms with Crippen LogP contribution in [0.5, 0.6) is 0 Å². The fraction of sp³-hybridized carbons (Fsp3) is 0.533. The zero-order valence-corrected chi connectivity index (χ0v) is 11.5. The molecule has 1 aromatic carbocycles. The van der Waals surface area contributed by atoms with Crippen LogP contribution in [0.15, 0.2) is 30.3 Å². The van der Waals surface area contributed by atoms with Crippen molar-refractivity contribution in [2.75, 3.05) is 19.7 Å². The van der Waals surface area contributed by atoms with E-state index in [9.17, 15) is 4.79 Å². The summed E-state index contributed by atoms with van der Waals surface area (Å²) in [5, 5.41) is 9.08. The van der Waals surface area contributed by atoms with Crippen LogP contribution in [0.1, 0.15) is 26.3 Å². The van der Waals surface area contributed by atoms with Gasteiger partial charge in [0.2, 0.25) is 0 Å². The molecule has 18 heavy (non-hydrogen) atoms. The number of carbonyl (C=O) groups excluding carboxylic acids is 1. The van der Waals surface area contributed by atoms with E-state index < -0.39 is 0 Å². The molecular weight excluding hydrogens is 226 g/mol. The van der Waals surface area contributed by atoms with E-state index in [1.54, 1.807) is 0 Å². The van der Waals surface area contributed by atoms with Gasteiger partial charge < -0.3 is 5.11 Å². The Hall–Kier alpha value is -1.19. The van der Waals surface area contributed by atoms with Gasteiger partial charge in [0.1, 0.15) is 0 Å². The van der Waals surface area contributed by atoms with Crippen LogP contribution in [0.4, 0.5) is 0 Å².